The van der Waals surface area contributed by atoms with E-state index in [0.29, 0.717) is 55.6 Å². The van der Waals surface area contributed by atoms with Gasteiger partial charge in [-0.25, -0.2) is 18.4 Å². The molecule has 206 valence electrons. The highest BCUT2D eigenvalue weighted by Gasteiger charge is 2.25. The number of esters is 1. The van der Waals surface area contributed by atoms with Gasteiger partial charge in [-0.2, -0.15) is 0 Å². The monoisotopic (exact) mass is 557 g/mol. The molecule has 3 aromatic carbocycles. The van der Waals surface area contributed by atoms with Crippen LogP contribution in [0.4, 0.5) is 19.3 Å². The lowest BCUT2D eigenvalue weighted by Crippen LogP contribution is -2.50. The van der Waals surface area contributed by atoms with Crippen LogP contribution in [0.3, 0.4) is 0 Å². The molecule has 1 N–H and O–H groups in total. The number of urea groups is 1. The van der Waals surface area contributed by atoms with E-state index >= 15 is 0 Å². The Labute approximate surface area is 231 Å². The number of hydrogen-bond donors (Lipinski definition) is 1. The standard InChI is InChI=1S/C29H30ClF2N3O4/c1-2-38-28(36)21-8-12-23(13-9-21)33-29(37)35-16-14-34(15-17-35)18-27(20-6-10-22(30)11-7-20)39-19-24-25(31)4-3-5-26(24)32/h3-13,27H,2,14-19H2,1H3,(H,33,37). The van der Waals surface area contributed by atoms with Gasteiger partial charge < -0.3 is 19.7 Å². The lowest BCUT2D eigenvalue weighted by Gasteiger charge is -2.36. The fourth-order valence-corrected chi connectivity index (χ4v) is 4.39. The SMILES string of the molecule is CCOC(=O)c1ccc(NC(=O)N2CCN(CC(OCc3c(F)cccc3F)c3ccc(Cl)cc3)CC2)cc1. The Morgan fingerprint density at radius 3 is 2.21 bits per heavy atom. The molecular formula is C29H30ClF2N3O4. The number of halogens is 3. The third-order valence-corrected chi connectivity index (χ3v) is 6.72. The quantitative estimate of drug-likeness (QED) is 0.332. The summed E-state index contributed by atoms with van der Waals surface area (Å²) in [7, 11) is 0. The molecule has 10 heteroatoms. The second kappa shape index (κ2) is 13.5. The first kappa shape index (κ1) is 28.5. The highest BCUT2D eigenvalue weighted by molar-refractivity contribution is 6.30. The van der Waals surface area contributed by atoms with Crippen LogP contribution in [0, 0.1) is 11.6 Å². The molecule has 4 rings (SSSR count). The molecule has 0 saturated carbocycles. The Morgan fingerprint density at radius 2 is 1.59 bits per heavy atom. The van der Waals surface area contributed by atoms with E-state index < -0.39 is 23.7 Å². The number of anilines is 1. The van der Waals surface area contributed by atoms with E-state index in [4.69, 9.17) is 21.1 Å². The number of ether oxygens (including phenoxy) is 2. The largest absolute Gasteiger partial charge is 0.462 e. The van der Waals surface area contributed by atoms with Crippen LogP contribution in [0.2, 0.25) is 5.02 Å². The topological polar surface area (TPSA) is 71.1 Å². The molecule has 0 spiro atoms. The number of rotatable bonds is 9. The van der Waals surface area contributed by atoms with Crippen molar-refractivity contribution < 1.29 is 27.8 Å². The smallest absolute Gasteiger partial charge is 0.338 e. The molecule has 7 nitrogen and oxygen atoms in total. The number of hydrogen-bond acceptors (Lipinski definition) is 5. The molecule has 1 saturated heterocycles. The number of nitrogens with one attached hydrogen (secondary N) is 1. The summed E-state index contributed by atoms with van der Waals surface area (Å²) in [6, 6.07) is 17.2. The van der Waals surface area contributed by atoms with Crippen LogP contribution < -0.4 is 5.32 Å². The molecule has 1 fully saturated rings. The third kappa shape index (κ3) is 7.75. The van der Waals surface area contributed by atoms with Crippen molar-refractivity contribution in [2.45, 2.75) is 19.6 Å². The molecule has 1 unspecified atom stereocenters. The highest BCUT2D eigenvalue weighted by Crippen LogP contribution is 2.25. The maximum atomic E-state index is 14.2. The van der Waals surface area contributed by atoms with Crippen LogP contribution in [0.1, 0.15) is 34.5 Å². The Hall–Kier alpha value is -3.53. The van der Waals surface area contributed by atoms with Gasteiger partial charge >= 0.3 is 12.0 Å². The fraction of sp³-hybridized carbons (Fsp3) is 0.310. The van der Waals surface area contributed by atoms with Crippen molar-refractivity contribution >= 4 is 29.3 Å². The van der Waals surface area contributed by atoms with Gasteiger partial charge in [0.1, 0.15) is 11.6 Å². The van der Waals surface area contributed by atoms with E-state index in [1.807, 2.05) is 12.1 Å². The molecule has 1 aliphatic rings. The van der Waals surface area contributed by atoms with E-state index in [2.05, 4.69) is 10.2 Å². The molecule has 1 heterocycles. The van der Waals surface area contributed by atoms with Gasteiger partial charge in [0, 0.05) is 49.0 Å². The number of nitrogens with zero attached hydrogens (tertiary/aromatic N) is 2. The van der Waals surface area contributed by atoms with Crippen molar-refractivity contribution in [2.24, 2.45) is 0 Å². The minimum absolute atomic E-state index is 0.117. The second-order valence-electron chi connectivity index (χ2n) is 9.07. The zero-order chi connectivity index (χ0) is 27.8. The summed E-state index contributed by atoms with van der Waals surface area (Å²) >= 11 is 6.05. The van der Waals surface area contributed by atoms with Gasteiger partial charge in [-0.05, 0) is 61.0 Å². The zero-order valence-electron chi connectivity index (χ0n) is 21.5. The maximum Gasteiger partial charge on any atom is 0.338 e. The van der Waals surface area contributed by atoms with Crippen LogP contribution >= 0.6 is 11.6 Å². The van der Waals surface area contributed by atoms with Gasteiger partial charge in [-0.1, -0.05) is 29.8 Å². The van der Waals surface area contributed by atoms with E-state index in [9.17, 15) is 18.4 Å². The maximum absolute atomic E-state index is 14.2. The van der Waals surface area contributed by atoms with E-state index in [-0.39, 0.29) is 18.2 Å². The van der Waals surface area contributed by atoms with E-state index in [1.165, 1.54) is 18.2 Å². The van der Waals surface area contributed by atoms with E-state index in [1.54, 1.807) is 48.2 Å². The summed E-state index contributed by atoms with van der Waals surface area (Å²) in [5.41, 5.74) is 1.71. The predicted molar refractivity (Wildman–Crippen MR) is 145 cm³/mol. The second-order valence-corrected chi connectivity index (χ2v) is 9.50. The minimum Gasteiger partial charge on any atom is -0.462 e. The lowest BCUT2D eigenvalue weighted by molar-refractivity contribution is 0.00376. The van der Waals surface area contributed by atoms with Crippen molar-refractivity contribution in [1.29, 1.82) is 0 Å². The summed E-state index contributed by atoms with van der Waals surface area (Å²) in [4.78, 5) is 28.5. The molecule has 0 aromatic heterocycles. The Morgan fingerprint density at radius 1 is 0.949 bits per heavy atom. The Bertz CT molecular complexity index is 1250. The van der Waals surface area contributed by atoms with Gasteiger partial charge in [0.05, 0.1) is 24.9 Å². The molecule has 3 aromatic rings. The number of amides is 2. The first-order valence-electron chi connectivity index (χ1n) is 12.7. The summed E-state index contributed by atoms with van der Waals surface area (Å²) in [6.45, 7) is 4.45. The Balaban J connectivity index is 1.33. The average Bonchev–Trinajstić information content (AvgIpc) is 2.93. The number of piperazine rings is 1. The summed E-state index contributed by atoms with van der Waals surface area (Å²) in [6.07, 6.45) is -0.459. The van der Waals surface area contributed by atoms with Crippen LogP contribution in [-0.2, 0) is 16.1 Å². The molecule has 39 heavy (non-hydrogen) atoms. The van der Waals surface area contributed by atoms with Crippen molar-refractivity contribution in [2.75, 3.05) is 44.6 Å². The van der Waals surface area contributed by atoms with Gasteiger partial charge in [-0.15, -0.1) is 0 Å². The number of carbonyl (C=O) groups excluding carboxylic acids is 2. The fourth-order valence-electron chi connectivity index (χ4n) is 4.26. The summed E-state index contributed by atoms with van der Waals surface area (Å²) in [5, 5.41) is 3.43. The predicted octanol–water partition coefficient (Wildman–Crippen LogP) is 5.90. The molecular weight excluding hydrogens is 528 g/mol. The van der Waals surface area contributed by atoms with Gasteiger partial charge in [0.25, 0.3) is 0 Å². The van der Waals surface area contributed by atoms with Gasteiger partial charge in [0.15, 0.2) is 0 Å². The number of carbonyl (C=O) groups is 2. The van der Waals surface area contributed by atoms with Crippen LogP contribution in [-0.4, -0.2) is 61.1 Å². The van der Waals surface area contributed by atoms with Crippen molar-refractivity contribution in [3.8, 4) is 0 Å². The molecule has 1 aliphatic heterocycles. The van der Waals surface area contributed by atoms with Gasteiger partial charge in [-0.3, -0.25) is 4.90 Å². The first-order chi connectivity index (χ1) is 18.8. The first-order valence-corrected chi connectivity index (χ1v) is 13.1. The van der Waals surface area contributed by atoms with Crippen LogP contribution in [0.15, 0.2) is 66.7 Å². The van der Waals surface area contributed by atoms with Crippen LogP contribution in [0.5, 0.6) is 0 Å². The van der Waals surface area contributed by atoms with Gasteiger partial charge in [0.2, 0.25) is 0 Å². The zero-order valence-corrected chi connectivity index (χ0v) is 22.3. The average molecular weight is 558 g/mol. The molecule has 0 bridgehead atoms. The molecule has 2 amide bonds. The summed E-state index contributed by atoms with van der Waals surface area (Å²) in [5.74, 6) is -1.72. The minimum atomic E-state index is -0.653. The third-order valence-electron chi connectivity index (χ3n) is 6.46. The number of benzene rings is 3. The van der Waals surface area contributed by atoms with E-state index in [0.717, 1.165) is 5.56 Å². The molecule has 0 aliphatic carbocycles. The molecule has 1 atom stereocenters. The Kier molecular flexibility index (Phi) is 9.86. The molecule has 0 radical (unpaired) electrons. The lowest BCUT2D eigenvalue weighted by atomic mass is 10.1. The van der Waals surface area contributed by atoms with Crippen LogP contribution in [0.25, 0.3) is 0 Å². The van der Waals surface area contributed by atoms with Crippen molar-refractivity contribution in [1.82, 2.24) is 9.80 Å². The highest BCUT2D eigenvalue weighted by atomic mass is 35.5. The summed E-state index contributed by atoms with van der Waals surface area (Å²) < 4.78 is 39.3. The van der Waals surface area contributed by atoms with Crippen molar-refractivity contribution in [3.63, 3.8) is 0 Å². The van der Waals surface area contributed by atoms with Crippen molar-refractivity contribution in [3.05, 3.63) is 100 Å². The normalized spacial score (nSPS) is 14.6.